The Morgan fingerprint density at radius 3 is 2.11 bits per heavy atom. The van der Waals surface area contributed by atoms with E-state index in [1.165, 1.54) is 43.5 Å². The van der Waals surface area contributed by atoms with Crippen LogP contribution in [0.1, 0.15) is 64.9 Å². The average Bonchev–Trinajstić information content (AvgIpc) is 3.15. The van der Waals surface area contributed by atoms with Gasteiger partial charge in [0.15, 0.2) is 0 Å². The number of carbonyl (C=O) groups excluding carboxylic acids is 2. The molecule has 0 radical (unpaired) electrons. The Hall–Kier alpha value is -4.14. The van der Waals surface area contributed by atoms with Crippen molar-refractivity contribution in [3.8, 4) is 16.9 Å². The molecule has 3 fully saturated rings. The third-order valence-electron chi connectivity index (χ3n) is 10.5. The molecule has 3 aliphatic rings. The molecule has 0 aromatic heterocycles. The minimum atomic E-state index is -4.24. The predicted octanol–water partition coefficient (Wildman–Crippen LogP) is 7.09. The number of alkyl halides is 2. The molecular formula is C41H51F3N4O6S. The van der Waals surface area contributed by atoms with Crippen molar-refractivity contribution in [1.29, 1.82) is 0 Å². The Bertz CT molecular complexity index is 1880. The SMILES string of the molecule is CC(C)(C)OC(=O)NC1CCN(C(=O)[C@@H]2CN(Cc3ccc(-c4ccc(F)cc4)cc3)CCN2S(=O)(=O)c2ccc(OCC3CCCCC3)cc2)CC1(F)F. The normalized spacial score (nSPS) is 21.5. The van der Waals surface area contributed by atoms with Crippen molar-refractivity contribution >= 4 is 22.0 Å². The van der Waals surface area contributed by atoms with Crippen LogP contribution in [0.2, 0.25) is 0 Å². The van der Waals surface area contributed by atoms with Gasteiger partial charge in [0.1, 0.15) is 23.2 Å². The Morgan fingerprint density at radius 2 is 1.49 bits per heavy atom. The van der Waals surface area contributed by atoms with E-state index in [1.54, 1.807) is 45.0 Å². The Labute approximate surface area is 322 Å². The van der Waals surface area contributed by atoms with Gasteiger partial charge in [-0.2, -0.15) is 4.31 Å². The third-order valence-corrected chi connectivity index (χ3v) is 12.4. The number of ether oxygens (including phenoxy) is 2. The van der Waals surface area contributed by atoms with E-state index in [2.05, 4.69) is 5.32 Å². The van der Waals surface area contributed by atoms with Crippen molar-refractivity contribution in [2.75, 3.05) is 39.3 Å². The molecule has 0 spiro atoms. The molecule has 6 rings (SSSR count). The zero-order chi connectivity index (χ0) is 39.4. The van der Waals surface area contributed by atoms with Crippen LogP contribution in [0, 0.1) is 11.7 Å². The van der Waals surface area contributed by atoms with Gasteiger partial charge in [0.05, 0.1) is 24.1 Å². The van der Waals surface area contributed by atoms with E-state index < -0.39 is 52.2 Å². The molecule has 0 bridgehead atoms. The summed E-state index contributed by atoms with van der Waals surface area (Å²) < 4.78 is 85.3. The summed E-state index contributed by atoms with van der Waals surface area (Å²) in [5.74, 6) is -3.53. The molecule has 3 aromatic carbocycles. The van der Waals surface area contributed by atoms with Gasteiger partial charge in [-0.3, -0.25) is 9.69 Å². The van der Waals surface area contributed by atoms with E-state index in [4.69, 9.17) is 9.47 Å². The zero-order valence-electron chi connectivity index (χ0n) is 31.7. The van der Waals surface area contributed by atoms with E-state index in [9.17, 15) is 22.4 Å². The van der Waals surface area contributed by atoms with Crippen LogP contribution in [-0.4, -0.2) is 97.5 Å². The van der Waals surface area contributed by atoms with Crippen LogP contribution in [0.4, 0.5) is 18.0 Å². The second-order valence-electron chi connectivity index (χ2n) is 15.9. The van der Waals surface area contributed by atoms with Gasteiger partial charge in [0.2, 0.25) is 15.9 Å². The molecule has 298 valence electrons. The molecule has 1 aliphatic carbocycles. The monoisotopic (exact) mass is 784 g/mol. The molecule has 2 atom stereocenters. The Morgan fingerprint density at radius 1 is 0.855 bits per heavy atom. The summed E-state index contributed by atoms with van der Waals surface area (Å²) in [5, 5.41) is 2.25. The van der Waals surface area contributed by atoms with E-state index in [-0.39, 0.29) is 36.8 Å². The molecule has 1 saturated carbocycles. The fourth-order valence-corrected chi connectivity index (χ4v) is 9.10. The van der Waals surface area contributed by atoms with E-state index >= 15 is 8.78 Å². The molecule has 1 unspecified atom stereocenters. The molecule has 55 heavy (non-hydrogen) atoms. The van der Waals surface area contributed by atoms with Crippen molar-refractivity contribution in [3.63, 3.8) is 0 Å². The molecule has 10 nitrogen and oxygen atoms in total. The smallest absolute Gasteiger partial charge is 0.408 e. The summed E-state index contributed by atoms with van der Waals surface area (Å²) in [7, 11) is -4.24. The molecule has 2 saturated heterocycles. The summed E-state index contributed by atoms with van der Waals surface area (Å²) in [6.07, 6.45) is 4.59. The molecule has 2 amide bonds. The molecule has 1 N–H and O–H groups in total. The molecule has 3 aromatic rings. The first kappa shape index (κ1) is 40.5. The quantitative estimate of drug-likeness (QED) is 0.234. The van der Waals surface area contributed by atoms with Gasteiger partial charge in [0.25, 0.3) is 5.92 Å². The minimum Gasteiger partial charge on any atom is -0.493 e. The highest BCUT2D eigenvalue weighted by molar-refractivity contribution is 7.89. The first-order valence-corrected chi connectivity index (χ1v) is 20.5. The highest BCUT2D eigenvalue weighted by Crippen LogP contribution is 2.32. The van der Waals surface area contributed by atoms with Crippen LogP contribution < -0.4 is 10.1 Å². The van der Waals surface area contributed by atoms with Gasteiger partial charge >= 0.3 is 6.09 Å². The van der Waals surface area contributed by atoms with E-state index in [1.807, 2.05) is 29.2 Å². The highest BCUT2D eigenvalue weighted by Gasteiger charge is 2.50. The molecular weight excluding hydrogens is 734 g/mol. The van der Waals surface area contributed by atoms with Gasteiger partial charge in [-0.1, -0.05) is 55.7 Å². The molecule has 14 heteroatoms. The number of hydrogen-bond donors (Lipinski definition) is 1. The number of alkyl carbamates (subject to hydrolysis) is 1. The van der Waals surface area contributed by atoms with E-state index in [0.29, 0.717) is 31.4 Å². The number of amides is 2. The highest BCUT2D eigenvalue weighted by atomic mass is 32.2. The lowest BCUT2D eigenvalue weighted by Gasteiger charge is -2.44. The number of carbonyl (C=O) groups is 2. The predicted molar refractivity (Wildman–Crippen MR) is 203 cm³/mol. The van der Waals surface area contributed by atoms with Crippen molar-refractivity contribution in [2.24, 2.45) is 5.92 Å². The number of nitrogens with zero attached hydrogens (tertiary/aromatic N) is 3. The summed E-state index contributed by atoms with van der Waals surface area (Å²) in [4.78, 5) is 29.5. The number of nitrogens with one attached hydrogen (secondary N) is 1. The maximum atomic E-state index is 15.6. The lowest BCUT2D eigenvalue weighted by Crippen LogP contribution is -2.65. The number of hydrogen-bond acceptors (Lipinski definition) is 7. The number of rotatable bonds is 10. The lowest BCUT2D eigenvalue weighted by molar-refractivity contribution is -0.150. The van der Waals surface area contributed by atoms with Crippen LogP contribution >= 0.6 is 0 Å². The number of piperazine rings is 1. The van der Waals surface area contributed by atoms with Gasteiger partial charge in [-0.15, -0.1) is 0 Å². The van der Waals surface area contributed by atoms with Gasteiger partial charge in [-0.25, -0.2) is 26.4 Å². The number of likely N-dealkylation sites (tertiary alicyclic amines) is 1. The van der Waals surface area contributed by atoms with Crippen LogP contribution in [0.15, 0.2) is 77.7 Å². The van der Waals surface area contributed by atoms with Gasteiger partial charge < -0.3 is 19.7 Å². The van der Waals surface area contributed by atoms with Crippen LogP contribution in [-0.2, 0) is 26.1 Å². The average molecular weight is 785 g/mol. The summed E-state index contributed by atoms with van der Waals surface area (Å²) >= 11 is 0. The lowest BCUT2D eigenvalue weighted by atomic mass is 9.90. The standard InChI is InChI=1S/C41H51F3N4O6S/c1-40(2,3)54-39(50)45-37-21-22-47(28-41(37,43)44)38(49)36-26-46(25-29-9-11-31(12-10-29)32-13-15-33(42)16-14-32)23-24-48(36)55(51,52)35-19-17-34(18-20-35)53-27-30-7-5-4-6-8-30/h9-20,30,36-37H,4-8,21-28H2,1-3H3,(H,45,50)/t36-,37?/m0/s1. The van der Waals surface area contributed by atoms with Crippen LogP contribution in [0.5, 0.6) is 5.75 Å². The van der Waals surface area contributed by atoms with Crippen molar-refractivity contribution < 1.29 is 40.7 Å². The molecule has 2 heterocycles. The van der Waals surface area contributed by atoms with Gasteiger partial charge in [-0.05, 0) is 99.0 Å². The third kappa shape index (κ3) is 10.4. The fraction of sp³-hybridized carbons (Fsp3) is 0.512. The topological polar surface area (TPSA) is 108 Å². The Kier molecular flexibility index (Phi) is 12.5. The summed E-state index contributed by atoms with van der Waals surface area (Å²) in [6, 6.07) is 17.1. The number of piperidine rings is 1. The second-order valence-corrected chi connectivity index (χ2v) is 17.8. The minimum absolute atomic E-state index is 0.0225. The first-order chi connectivity index (χ1) is 26.1. The van der Waals surface area contributed by atoms with Crippen LogP contribution in [0.3, 0.4) is 0 Å². The maximum absolute atomic E-state index is 15.6. The fourth-order valence-electron chi connectivity index (χ4n) is 7.54. The maximum Gasteiger partial charge on any atom is 0.408 e. The zero-order valence-corrected chi connectivity index (χ0v) is 32.5. The Balaban J connectivity index is 1.18. The number of sulfonamides is 1. The summed E-state index contributed by atoms with van der Waals surface area (Å²) in [5.41, 5.74) is 1.76. The number of halogens is 3. The van der Waals surface area contributed by atoms with Crippen LogP contribution in [0.25, 0.3) is 11.1 Å². The van der Waals surface area contributed by atoms with Crippen molar-refractivity contribution in [3.05, 3.63) is 84.2 Å². The summed E-state index contributed by atoms with van der Waals surface area (Å²) in [6.45, 7) is 4.95. The van der Waals surface area contributed by atoms with Gasteiger partial charge in [0, 0.05) is 32.7 Å². The largest absolute Gasteiger partial charge is 0.493 e. The molecule has 2 aliphatic heterocycles. The first-order valence-electron chi connectivity index (χ1n) is 19.1. The second kappa shape index (κ2) is 16.9. The van der Waals surface area contributed by atoms with E-state index in [0.717, 1.165) is 38.7 Å². The number of benzene rings is 3. The van der Waals surface area contributed by atoms with Crippen molar-refractivity contribution in [2.45, 2.75) is 94.3 Å². The van der Waals surface area contributed by atoms with Crippen molar-refractivity contribution in [1.82, 2.24) is 19.4 Å².